The van der Waals surface area contributed by atoms with Gasteiger partial charge in [0.05, 0.1) is 25.3 Å². The van der Waals surface area contributed by atoms with Crippen LogP contribution in [0.4, 0.5) is 0 Å². The Morgan fingerprint density at radius 3 is 2.85 bits per heavy atom. The Bertz CT molecular complexity index is 828. The Morgan fingerprint density at radius 2 is 2.04 bits per heavy atom. The lowest BCUT2D eigenvalue weighted by molar-refractivity contribution is -0.121. The molecule has 1 saturated heterocycles. The van der Waals surface area contributed by atoms with Gasteiger partial charge in [0.25, 0.3) is 5.56 Å². The number of rotatable bonds is 8. The Hall–Kier alpha value is -2.38. The maximum atomic E-state index is 12.1. The number of benzene rings is 1. The van der Waals surface area contributed by atoms with Crippen molar-refractivity contribution in [1.82, 2.24) is 14.8 Å². The molecule has 0 aliphatic carbocycles. The lowest BCUT2D eigenvalue weighted by atomic mass is 10.2. The number of aryl methyl sites for hydroxylation is 1. The van der Waals surface area contributed by atoms with Gasteiger partial charge < -0.3 is 19.4 Å². The molecule has 0 saturated carbocycles. The summed E-state index contributed by atoms with van der Waals surface area (Å²) >= 11 is 0. The van der Waals surface area contributed by atoms with Crippen molar-refractivity contribution < 1.29 is 14.3 Å². The van der Waals surface area contributed by atoms with Crippen molar-refractivity contribution in [3.05, 3.63) is 40.7 Å². The first-order valence-corrected chi connectivity index (χ1v) is 9.43. The topological polar surface area (TPSA) is 72.8 Å². The fraction of sp³-hybridized carbons (Fsp3) is 0.500. The maximum absolute atomic E-state index is 12.1. The molecule has 0 unspecified atom stereocenters. The van der Waals surface area contributed by atoms with E-state index in [9.17, 15) is 9.59 Å². The average molecular weight is 373 g/mol. The monoisotopic (exact) mass is 373 g/mol. The molecule has 0 bridgehead atoms. The van der Waals surface area contributed by atoms with Gasteiger partial charge in [0.1, 0.15) is 5.75 Å². The fourth-order valence-corrected chi connectivity index (χ4v) is 3.18. The molecule has 0 atom stereocenters. The molecular formula is C20H27N3O4. The number of amides is 1. The van der Waals surface area contributed by atoms with Crippen LogP contribution in [-0.2, 0) is 16.6 Å². The number of carbonyl (C=O) groups excluding carboxylic acids is 1. The van der Waals surface area contributed by atoms with E-state index in [2.05, 4.69) is 10.2 Å². The molecule has 2 heterocycles. The summed E-state index contributed by atoms with van der Waals surface area (Å²) in [6.45, 7) is 5.28. The van der Waals surface area contributed by atoms with Gasteiger partial charge in [0.2, 0.25) is 5.91 Å². The van der Waals surface area contributed by atoms with E-state index in [1.807, 2.05) is 24.3 Å². The summed E-state index contributed by atoms with van der Waals surface area (Å²) in [6.07, 6.45) is 1.01. The minimum absolute atomic E-state index is 0.0284. The second kappa shape index (κ2) is 9.53. The highest BCUT2D eigenvalue weighted by molar-refractivity contribution is 5.85. The summed E-state index contributed by atoms with van der Waals surface area (Å²) in [4.78, 5) is 26.3. The van der Waals surface area contributed by atoms with Crippen LogP contribution in [0.1, 0.15) is 12.8 Å². The molecule has 1 aromatic carbocycles. The number of pyridine rings is 1. The fourth-order valence-electron chi connectivity index (χ4n) is 3.18. The first kappa shape index (κ1) is 19.4. The van der Waals surface area contributed by atoms with Gasteiger partial charge in [-0.15, -0.1) is 0 Å². The van der Waals surface area contributed by atoms with Gasteiger partial charge >= 0.3 is 0 Å². The smallest absolute Gasteiger partial charge is 0.254 e. The molecule has 1 amide bonds. The van der Waals surface area contributed by atoms with Gasteiger partial charge in [-0.1, -0.05) is 12.1 Å². The average Bonchev–Trinajstić information content (AvgIpc) is 2.69. The maximum Gasteiger partial charge on any atom is 0.254 e. The van der Waals surface area contributed by atoms with Crippen molar-refractivity contribution in [2.24, 2.45) is 7.05 Å². The molecule has 27 heavy (non-hydrogen) atoms. The highest BCUT2D eigenvalue weighted by Gasteiger charge is 2.10. The largest absolute Gasteiger partial charge is 0.493 e. The molecule has 7 heteroatoms. The third-order valence-electron chi connectivity index (χ3n) is 4.78. The number of carbonyl (C=O) groups is 1. The van der Waals surface area contributed by atoms with Crippen molar-refractivity contribution in [2.75, 3.05) is 46.0 Å². The zero-order valence-electron chi connectivity index (χ0n) is 15.8. The van der Waals surface area contributed by atoms with Crippen LogP contribution in [-0.4, -0.2) is 61.4 Å². The lowest BCUT2D eigenvalue weighted by Crippen LogP contribution is -2.41. The van der Waals surface area contributed by atoms with Gasteiger partial charge in [-0.2, -0.15) is 0 Å². The van der Waals surface area contributed by atoms with Gasteiger partial charge in [0, 0.05) is 51.1 Å². The van der Waals surface area contributed by atoms with Crippen LogP contribution in [0, 0.1) is 0 Å². The number of nitrogens with one attached hydrogen (secondary N) is 1. The second-order valence-electron chi connectivity index (χ2n) is 6.68. The van der Waals surface area contributed by atoms with E-state index in [0.29, 0.717) is 31.7 Å². The Kier molecular flexibility index (Phi) is 6.84. The second-order valence-corrected chi connectivity index (χ2v) is 6.68. The van der Waals surface area contributed by atoms with Crippen LogP contribution in [0.2, 0.25) is 0 Å². The minimum atomic E-state index is -0.107. The zero-order valence-corrected chi connectivity index (χ0v) is 15.8. The molecule has 1 aromatic heterocycles. The standard InChI is InChI=1S/C20H27N3O4/c1-22-17-6-3-2-5-16(17)18(15-20(22)25)27-12-4-7-19(24)21-8-9-23-10-13-26-14-11-23/h2-3,5-6,15H,4,7-14H2,1H3,(H,21,24). The molecule has 3 rings (SSSR count). The van der Waals surface area contributed by atoms with Crippen molar-refractivity contribution in [3.8, 4) is 5.75 Å². The molecule has 146 valence electrons. The molecule has 0 radical (unpaired) electrons. The van der Waals surface area contributed by atoms with E-state index < -0.39 is 0 Å². The first-order valence-electron chi connectivity index (χ1n) is 9.43. The van der Waals surface area contributed by atoms with E-state index >= 15 is 0 Å². The third kappa shape index (κ3) is 5.30. The van der Waals surface area contributed by atoms with Gasteiger partial charge in [-0.25, -0.2) is 0 Å². The molecule has 2 aromatic rings. The van der Waals surface area contributed by atoms with Gasteiger partial charge in [0.15, 0.2) is 0 Å². The Labute approximate surface area is 158 Å². The van der Waals surface area contributed by atoms with Crippen molar-refractivity contribution >= 4 is 16.8 Å². The van der Waals surface area contributed by atoms with Crippen LogP contribution in [0.3, 0.4) is 0 Å². The summed E-state index contributed by atoms with van der Waals surface area (Å²) in [5.74, 6) is 0.599. The quantitative estimate of drug-likeness (QED) is 0.703. The Balaban J connectivity index is 1.41. The molecule has 1 N–H and O–H groups in total. The van der Waals surface area contributed by atoms with Crippen LogP contribution in [0.25, 0.3) is 10.9 Å². The number of hydrogen-bond acceptors (Lipinski definition) is 5. The van der Waals surface area contributed by atoms with Crippen molar-refractivity contribution in [1.29, 1.82) is 0 Å². The number of morpholine rings is 1. The van der Waals surface area contributed by atoms with Gasteiger partial charge in [-0.3, -0.25) is 14.5 Å². The molecule has 1 fully saturated rings. The van der Waals surface area contributed by atoms with Crippen LogP contribution in [0.15, 0.2) is 35.1 Å². The highest BCUT2D eigenvalue weighted by atomic mass is 16.5. The van der Waals surface area contributed by atoms with Crippen molar-refractivity contribution in [3.63, 3.8) is 0 Å². The SMILES string of the molecule is Cn1c(=O)cc(OCCCC(=O)NCCN2CCOCC2)c2ccccc21. The van der Waals surface area contributed by atoms with E-state index in [1.165, 1.54) is 6.07 Å². The third-order valence-corrected chi connectivity index (χ3v) is 4.78. The number of fused-ring (bicyclic) bond motifs is 1. The summed E-state index contributed by atoms with van der Waals surface area (Å²) in [7, 11) is 1.75. The summed E-state index contributed by atoms with van der Waals surface area (Å²) in [5.41, 5.74) is 0.727. The summed E-state index contributed by atoms with van der Waals surface area (Å²) in [6, 6.07) is 9.15. The predicted octanol–water partition coefficient (Wildman–Crippen LogP) is 1.15. The summed E-state index contributed by atoms with van der Waals surface area (Å²) in [5, 5.41) is 3.84. The predicted molar refractivity (Wildman–Crippen MR) is 104 cm³/mol. The van der Waals surface area contributed by atoms with E-state index in [1.54, 1.807) is 11.6 Å². The van der Waals surface area contributed by atoms with Crippen LogP contribution < -0.4 is 15.6 Å². The highest BCUT2D eigenvalue weighted by Crippen LogP contribution is 2.23. The normalized spacial score (nSPS) is 15.0. The number of para-hydroxylation sites is 1. The minimum Gasteiger partial charge on any atom is -0.493 e. The van der Waals surface area contributed by atoms with Gasteiger partial charge in [-0.05, 0) is 18.6 Å². The first-order chi connectivity index (χ1) is 13.1. The Morgan fingerprint density at radius 1 is 1.26 bits per heavy atom. The van der Waals surface area contributed by atoms with E-state index in [-0.39, 0.29) is 11.5 Å². The molecular weight excluding hydrogens is 346 g/mol. The number of ether oxygens (including phenoxy) is 2. The molecule has 1 aliphatic heterocycles. The number of nitrogens with zero attached hydrogens (tertiary/aromatic N) is 2. The van der Waals surface area contributed by atoms with Crippen LogP contribution in [0.5, 0.6) is 5.75 Å². The molecule has 7 nitrogen and oxygen atoms in total. The summed E-state index contributed by atoms with van der Waals surface area (Å²) < 4.78 is 12.7. The molecule has 0 spiro atoms. The molecule has 1 aliphatic rings. The van der Waals surface area contributed by atoms with E-state index in [4.69, 9.17) is 9.47 Å². The number of hydrogen-bond donors (Lipinski definition) is 1. The lowest BCUT2D eigenvalue weighted by Gasteiger charge is -2.26. The van der Waals surface area contributed by atoms with E-state index in [0.717, 1.165) is 43.8 Å². The van der Waals surface area contributed by atoms with Crippen molar-refractivity contribution in [2.45, 2.75) is 12.8 Å². The van der Waals surface area contributed by atoms with Crippen LogP contribution >= 0.6 is 0 Å². The zero-order chi connectivity index (χ0) is 19.1. The number of aromatic nitrogens is 1.